The van der Waals surface area contributed by atoms with Gasteiger partial charge in [0, 0.05) is 12.1 Å². The summed E-state index contributed by atoms with van der Waals surface area (Å²) in [5.74, 6) is -1.41. The molecule has 0 aromatic carbocycles. The van der Waals surface area contributed by atoms with Crippen LogP contribution in [-0.2, 0) is 9.59 Å². The monoisotopic (exact) mass is 230 g/mol. The Balaban J connectivity index is 4.19. The Labute approximate surface area is 96.8 Å². The van der Waals surface area contributed by atoms with Gasteiger partial charge < -0.3 is 10.4 Å². The van der Waals surface area contributed by atoms with Gasteiger partial charge in [-0.05, 0) is 27.8 Å². The summed E-state index contributed by atoms with van der Waals surface area (Å²) in [5, 5.41) is 11.6. The molecule has 94 valence electrons. The first-order valence-electron chi connectivity index (χ1n) is 5.48. The molecule has 0 heterocycles. The van der Waals surface area contributed by atoms with Gasteiger partial charge in [0.1, 0.15) is 0 Å². The predicted octanol–water partition coefficient (Wildman–Crippen LogP) is 0.552. The number of carbonyl (C=O) groups is 2. The summed E-state index contributed by atoms with van der Waals surface area (Å²) in [6.07, 6.45) is 0. The predicted molar refractivity (Wildman–Crippen MR) is 62.2 cm³/mol. The van der Waals surface area contributed by atoms with E-state index in [0.29, 0.717) is 0 Å². The van der Waals surface area contributed by atoms with Crippen molar-refractivity contribution in [3.63, 3.8) is 0 Å². The van der Waals surface area contributed by atoms with E-state index in [2.05, 4.69) is 5.32 Å². The van der Waals surface area contributed by atoms with Crippen LogP contribution in [0.3, 0.4) is 0 Å². The van der Waals surface area contributed by atoms with Crippen LogP contribution in [0.25, 0.3) is 0 Å². The summed E-state index contributed by atoms with van der Waals surface area (Å²) in [5.41, 5.74) is 0. The van der Waals surface area contributed by atoms with E-state index in [1.807, 2.05) is 13.8 Å². The molecule has 2 N–H and O–H groups in total. The van der Waals surface area contributed by atoms with Crippen LogP contribution in [0.5, 0.6) is 0 Å². The Morgan fingerprint density at radius 3 is 2.12 bits per heavy atom. The maximum Gasteiger partial charge on any atom is 0.307 e. The summed E-state index contributed by atoms with van der Waals surface area (Å²) in [6, 6.07) is -0.0662. The van der Waals surface area contributed by atoms with Crippen LogP contribution in [0.2, 0.25) is 0 Å². The molecule has 0 aliphatic rings. The van der Waals surface area contributed by atoms with Crippen LogP contribution in [-0.4, -0.2) is 47.6 Å². The molecule has 0 spiro atoms. The fourth-order valence-corrected chi connectivity index (χ4v) is 1.33. The number of carboxylic acids is 1. The Bertz CT molecular complexity index is 254. The number of hydrogen-bond donors (Lipinski definition) is 2. The third-order valence-corrected chi connectivity index (χ3v) is 2.65. The van der Waals surface area contributed by atoms with Gasteiger partial charge in [-0.15, -0.1) is 0 Å². The molecule has 0 fully saturated rings. The van der Waals surface area contributed by atoms with Gasteiger partial charge in [0.25, 0.3) is 0 Å². The van der Waals surface area contributed by atoms with Gasteiger partial charge in [0.15, 0.2) is 0 Å². The van der Waals surface area contributed by atoms with Crippen LogP contribution < -0.4 is 5.32 Å². The molecule has 5 nitrogen and oxygen atoms in total. The van der Waals surface area contributed by atoms with Crippen molar-refractivity contribution in [1.82, 2.24) is 10.2 Å². The zero-order chi connectivity index (χ0) is 12.9. The highest BCUT2D eigenvalue weighted by Gasteiger charge is 2.24. The quantitative estimate of drug-likeness (QED) is 0.699. The van der Waals surface area contributed by atoms with Crippen LogP contribution in [0.4, 0.5) is 0 Å². The number of amides is 1. The third kappa shape index (κ3) is 5.11. The van der Waals surface area contributed by atoms with Crippen molar-refractivity contribution in [2.24, 2.45) is 5.92 Å². The maximum atomic E-state index is 11.5. The van der Waals surface area contributed by atoms with E-state index in [4.69, 9.17) is 5.11 Å². The van der Waals surface area contributed by atoms with Crippen molar-refractivity contribution in [2.45, 2.75) is 39.8 Å². The van der Waals surface area contributed by atoms with Gasteiger partial charge >= 0.3 is 5.97 Å². The first-order valence-corrected chi connectivity index (χ1v) is 5.48. The molecule has 2 unspecified atom stereocenters. The lowest BCUT2D eigenvalue weighted by Gasteiger charge is -2.27. The fourth-order valence-electron chi connectivity index (χ4n) is 1.33. The second-order valence-electron chi connectivity index (χ2n) is 4.50. The molecule has 0 rings (SSSR count). The molecular formula is C11H22N2O3. The molecule has 0 saturated carbocycles. The van der Waals surface area contributed by atoms with Crippen molar-refractivity contribution in [2.75, 3.05) is 13.6 Å². The molecule has 0 aromatic rings. The van der Waals surface area contributed by atoms with Crippen molar-refractivity contribution in [3.05, 3.63) is 0 Å². The minimum atomic E-state index is -0.844. The Kier molecular flexibility index (Phi) is 6.03. The minimum absolute atomic E-state index is 0.0815. The molecule has 0 aromatic heterocycles. The van der Waals surface area contributed by atoms with Crippen LogP contribution in [0.1, 0.15) is 27.7 Å². The number of likely N-dealkylation sites (N-methyl/N-ethyl adjacent to an activating group) is 1. The molecule has 0 aliphatic heterocycles. The molecular weight excluding hydrogens is 208 g/mol. The van der Waals surface area contributed by atoms with Crippen LogP contribution in [0, 0.1) is 5.92 Å². The molecule has 0 bridgehead atoms. The van der Waals surface area contributed by atoms with Crippen molar-refractivity contribution in [3.8, 4) is 0 Å². The minimum Gasteiger partial charge on any atom is -0.481 e. The topological polar surface area (TPSA) is 69.6 Å². The standard InChI is InChI=1S/C11H22N2O3/c1-7(2)12-10(14)6-13(5)9(4)8(3)11(15)16/h7-9H,6H2,1-5H3,(H,12,14)(H,15,16). The summed E-state index contributed by atoms with van der Waals surface area (Å²) >= 11 is 0. The lowest BCUT2D eigenvalue weighted by atomic mass is 10.0. The number of aliphatic carboxylic acids is 1. The molecule has 5 heteroatoms. The molecule has 1 amide bonds. The molecule has 0 saturated heterocycles. The van der Waals surface area contributed by atoms with Gasteiger partial charge in [0.2, 0.25) is 5.91 Å². The average Bonchev–Trinajstić information content (AvgIpc) is 2.13. The first kappa shape index (κ1) is 14.9. The lowest BCUT2D eigenvalue weighted by molar-refractivity contribution is -0.143. The summed E-state index contributed by atoms with van der Waals surface area (Å²) in [7, 11) is 1.75. The Morgan fingerprint density at radius 2 is 1.75 bits per heavy atom. The zero-order valence-corrected chi connectivity index (χ0v) is 10.7. The lowest BCUT2D eigenvalue weighted by Crippen LogP contribution is -2.45. The molecule has 0 radical (unpaired) electrons. The average molecular weight is 230 g/mol. The number of nitrogens with one attached hydrogen (secondary N) is 1. The maximum absolute atomic E-state index is 11.5. The molecule has 16 heavy (non-hydrogen) atoms. The number of carbonyl (C=O) groups excluding carboxylic acids is 1. The SMILES string of the molecule is CC(C)NC(=O)CN(C)C(C)C(C)C(=O)O. The number of nitrogens with zero attached hydrogens (tertiary/aromatic N) is 1. The van der Waals surface area contributed by atoms with E-state index in [1.165, 1.54) is 0 Å². The van der Waals surface area contributed by atoms with Gasteiger partial charge in [-0.2, -0.15) is 0 Å². The van der Waals surface area contributed by atoms with Crippen molar-refractivity contribution < 1.29 is 14.7 Å². The third-order valence-electron chi connectivity index (χ3n) is 2.65. The number of rotatable bonds is 6. The largest absolute Gasteiger partial charge is 0.481 e. The normalized spacial score (nSPS) is 14.9. The molecule has 2 atom stereocenters. The van der Waals surface area contributed by atoms with Crippen molar-refractivity contribution >= 4 is 11.9 Å². The highest BCUT2D eigenvalue weighted by atomic mass is 16.4. The summed E-state index contributed by atoms with van der Waals surface area (Å²) in [4.78, 5) is 24.0. The van der Waals surface area contributed by atoms with E-state index in [9.17, 15) is 9.59 Å². The van der Waals surface area contributed by atoms with Gasteiger partial charge in [-0.25, -0.2) is 0 Å². The second-order valence-corrected chi connectivity index (χ2v) is 4.50. The summed E-state index contributed by atoms with van der Waals surface area (Å²) < 4.78 is 0. The molecule has 0 aliphatic carbocycles. The van der Waals surface area contributed by atoms with Crippen molar-refractivity contribution in [1.29, 1.82) is 0 Å². The highest BCUT2D eigenvalue weighted by molar-refractivity contribution is 5.78. The highest BCUT2D eigenvalue weighted by Crippen LogP contribution is 2.08. The second kappa shape index (κ2) is 6.48. The van der Waals surface area contributed by atoms with E-state index in [-0.39, 0.29) is 24.5 Å². The Hall–Kier alpha value is -1.10. The Morgan fingerprint density at radius 1 is 1.25 bits per heavy atom. The number of hydrogen-bond acceptors (Lipinski definition) is 3. The first-order chi connectivity index (χ1) is 7.25. The van der Waals surface area contributed by atoms with Crippen LogP contribution >= 0.6 is 0 Å². The number of carboxylic acid groups (broad SMARTS) is 1. The van der Waals surface area contributed by atoms with Gasteiger partial charge in [0.05, 0.1) is 12.5 Å². The summed E-state index contributed by atoms with van der Waals surface area (Å²) in [6.45, 7) is 7.45. The van der Waals surface area contributed by atoms with Gasteiger partial charge in [-0.3, -0.25) is 14.5 Å². The van der Waals surface area contributed by atoms with E-state index in [1.54, 1.807) is 25.8 Å². The van der Waals surface area contributed by atoms with E-state index in [0.717, 1.165) is 0 Å². The fraction of sp³-hybridized carbons (Fsp3) is 0.818. The smallest absolute Gasteiger partial charge is 0.307 e. The zero-order valence-electron chi connectivity index (χ0n) is 10.7. The van der Waals surface area contributed by atoms with Gasteiger partial charge in [-0.1, -0.05) is 6.92 Å². The van der Waals surface area contributed by atoms with Crippen LogP contribution in [0.15, 0.2) is 0 Å². The van der Waals surface area contributed by atoms with E-state index >= 15 is 0 Å². The van der Waals surface area contributed by atoms with E-state index < -0.39 is 11.9 Å².